The molecule has 5 heteroatoms. The van der Waals surface area contributed by atoms with Gasteiger partial charge in [-0.15, -0.1) is 0 Å². The molecule has 0 aliphatic rings. The zero-order valence-corrected chi connectivity index (χ0v) is 13.2. The maximum Gasteiger partial charge on any atom is 0.269 e. The maximum atomic E-state index is 12.0. The highest BCUT2D eigenvalue weighted by molar-refractivity contribution is 6.09. The van der Waals surface area contributed by atoms with Gasteiger partial charge in [0.2, 0.25) is 0 Å². The molecule has 0 saturated carbocycles. The lowest BCUT2D eigenvalue weighted by molar-refractivity contribution is -0.384. The molecule has 0 fully saturated rings. The van der Waals surface area contributed by atoms with Crippen LogP contribution < -0.4 is 0 Å². The fraction of sp³-hybridized carbons (Fsp3) is 0.235. The number of nitro benzene ring substituents is 1. The van der Waals surface area contributed by atoms with Crippen molar-refractivity contribution >= 4 is 11.5 Å². The van der Waals surface area contributed by atoms with Gasteiger partial charge in [-0.3, -0.25) is 14.9 Å². The summed E-state index contributed by atoms with van der Waals surface area (Å²) in [5.74, 6) is -0.167. The summed E-state index contributed by atoms with van der Waals surface area (Å²) in [7, 11) is 0. The van der Waals surface area contributed by atoms with Crippen molar-refractivity contribution in [3.8, 4) is 5.75 Å². The minimum atomic E-state index is -0.519. The third-order valence-electron chi connectivity index (χ3n) is 2.47. The van der Waals surface area contributed by atoms with Crippen molar-refractivity contribution in [2.75, 3.05) is 0 Å². The summed E-state index contributed by atoms with van der Waals surface area (Å²) in [5, 5.41) is 19.6. The van der Waals surface area contributed by atoms with Gasteiger partial charge in [0, 0.05) is 23.3 Å². The van der Waals surface area contributed by atoms with Crippen LogP contribution in [-0.4, -0.2) is 15.8 Å². The van der Waals surface area contributed by atoms with Gasteiger partial charge in [-0.2, -0.15) is 0 Å². The molecule has 0 radical (unpaired) electrons. The van der Waals surface area contributed by atoms with E-state index in [4.69, 9.17) is 5.11 Å². The van der Waals surface area contributed by atoms with E-state index in [1.165, 1.54) is 48.5 Å². The molecule has 0 bridgehead atoms. The molecule has 0 aromatic heterocycles. The molecule has 0 heterocycles. The zero-order valence-electron chi connectivity index (χ0n) is 13.2. The Balaban J connectivity index is 0.00000102. The van der Waals surface area contributed by atoms with Gasteiger partial charge in [-0.25, -0.2) is 0 Å². The van der Waals surface area contributed by atoms with Crippen LogP contribution in [0, 0.1) is 10.1 Å². The summed E-state index contributed by atoms with van der Waals surface area (Å²) in [6.45, 7) is 8.00. The Kier molecular flexibility index (Phi) is 8.86. The first-order chi connectivity index (χ1) is 10.6. The summed E-state index contributed by atoms with van der Waals surface area (Å²) in [4.78, 5) is 22.0. The zero-order chi connectivity index (χ0) is 17.1. The van der Waals surface area contributed by atoms with Gasteiger partial charge in [0.15, 0.2) is 5.78 Å². The number of nitrogens with zero attached hydrogens (tertiary/aromatic N) is 1. The van der Waals surface area contributed by atoms with Gasteiger partial charge >= 0.3 is 0 Å². The SMILES string of the molecule is CC.CC.O=C(c1ccc(O)cc1)c1ccc([N+](=O)[O-])cc1. The van der Waals surface area contributed by atoms with Gasteiger partial charge in [0.05, 0.1) is 4.92 Å². The predicted octanol–water partition coefficient (Wildman–Crippen LogP) is 4.58. The Labute approximate surface area is 130 Å². The number of carbonyl (C=O) groups is 1. The second-order valence-electron chi connectivity index (χ2n) is 3.68. The van der Waals surface area contributed by atoms with Crippen molar-refractivity contribution in [2.24, 2.45) is 0 Å². The fourth-order valence-corrected chi connectivity index (χ4v) is 1.51. The van der Waals surface area contributed by atoms with Crippen molar-refractivity contribution in [3.63, 3.8) is 0 Å². The lowest BCUT2D eigenvalue weighted by Gasteiger charge is -2.01. The van der Waals surface area contributed by atoms with Crippen molar-refractivity contribution in [1.29, 1.82) is 0 Å². The molecule has 0 saturated heterocycles. The number of carbonyl (C=O) groups excluding carboxylic acids is 1. The molecule has 2 aromatic carbocycles. The average Bonchev–Trinajstić information content (AvgIpc) is 2.58. The highest BCUT2D eigenvalue weighted by Gasteiger charge is 2.11. The molecule has 0 unspecified atom stereocenters. The number of rotatable bonds is 3. The Morgan fingerprint density at radius 3 is 1.59 bits per heavy atom. The van der Waals surface area contributed by atoms with E-state index in [0.717, 1.165) is 0 Å². The molecular weight excluding hydrogens is 282 g/mol. The predicted molar refractivity (Wildman–Crippen MR) is 87.3 cm³/mol. The van der Waals surface area contributed by atoms with E-state index >= 15 is 0 Å². The molecular formula is C17H21NO4. The first kappa shape index (κ1) is 19.3. The van der Waals surface area contributed by atoms with Gasteiger partial charge in [0.1, 0.15) is 5.75 Å². The fourth-order valence-electron chi connectivity index (χ4n) is 1.51. The number of phenolic OH excluding ortho intramolecular Hbond substituents is 1. The lowest BCUT2D eigenvalue weighted by Crippen LogP contribution is -2.01. The van der Waals surface area contributed by atoms with Crippen LogP contribution in [0.1, 0.15) is 43.6 Å². The molecule has 22 heavy (non-hydrogen) atoms. The van der Waals surface area contributed by atoms with Gasteiger partial charge < -0.3 is 5.11 Å². The normalized spacial score (nSPS) is 8.73. The number of aromatic hydroxyl groups is 1. The van der Waals surface area contributed by atoms with Crippen LogP contribution in [-0.2, 0) is 0 Å². The van der Waals surface area contributed by atoms with Gasteiger partial charge in [-0.1, -0.05) is 27.7 Å². The molecule has 0 atom stereocenters. The molecule has 0 aliphatic carbocycles. The highest BCUT2D eigenvalue weighted by atomic mass is 16.6. The van der Waals surface area contributed by atoms with Crippen molar-refractivity contribution < 1.29 is 14.8 Å². The summed E-state index contributed by atoms with van der Waals surface area (Å²) in [5.41, 5.74) is 0.727. The quantitative estimate of drug-likeness (QED) is 0.511. The van der Waals surface area contributed by atoms with E-state index in [2.05, 4.69) is 0 Å². The standard InChI is InChI=1S/C13H9NO4.2C2H6/c15-12-7-3-10(4-8-12)13(16)9-1-5-11(6-2-9)14(17)18;2*1-2/h1-8,15H;2*1-2H3. The maximum absolute atomic E-state index is 12.0. The van der Waals surface area contributed by atoms with Gasteiger partial charge in [-0.05, 0) is 36.4 Å². The molecule has 2 rings (SSSR count). The molecule has 0 aliphatic heterocycles. The molecule has 0 amide bonds. The molecule has 2 aromatic rings. The Hall–Kier alpha value is -2.69. The topological polar surface area (TPSA) is 80.4 Å². The van der Waals surface area contributed by atoms with E-state index in [9.17, 15) is 14.9 Å². The average molecular weight is 303 g/mol. The minimum absolute atomic E-state index is 0.0581. The first-order valence-electron chi connectivity index (χ1n) is 7.16. The number of benzene rings is 2. The number of ketones is 1. The summed E-state index contributed by atoms with van der Waals surface area (Å²) in [6, 6.07) is 11.2. The van der Waals surface area contributed by atoms with Crippen molar-refractivity contribution in [2.45, 2.75) is 27.7 Å². The second-order valence-corrected chi connectivity index (χ2v) is 3.68. The largest absolute Gasteiger partial charge is 0.508 e. The molecule has 118 valence electrons. The number of hydrogen-bond donors (Lipinski definition) is 1. The summed E-state index contributed by atoms with van der Waals surface area (Å²) >= 11 is 0. The van der Waals surface area contributed by atoms with Crippen LogP contribution in [0.3, 0.4) is 0 Å². The number of non-ortho nitro benzene ring substituents is 1. The smallest absolute Gasteiger partial charge is 0.269 e. The van der Waals surface area contributed by atoms with Crippen molar-refractivity contribution in [3.05, 3.63) is 69.8 Å². The molecule has 5 nitrogen and oxygen atoms in total. The minimum Gasteiger partial charge on any atom is -0.508 e. The lowest BCUT2D eigenvalue weighted by atomic mass is 10.0. The second kappa shape index (κ2) is 10.1. The van der Waals surface area contributed by atoms with Crippen LogP contribution in [0.2, 0.25) is 0 Å². The van der Waals surface area contributed by atoms with Crippen LogP contribution in [0.5, 0.6) is 5.75 Å². The summed E-state index contributed by atoms with van der Waals surface area (Å²) < 4.78 is 0. The monoisotopic (exact) mass is 303 g/mol. The first-order valence-corrected chi connectivity index (χ1v) is 7.16. The van der Waals surface area contributed by atoms with E-state index in [0.29, 0.717) is 11.1 Å². The Morgan fingerprint density at radius 1 is 0.864 bits per heavy atom. The number of hydrogen-bond acceptors (Lipinski definition) is 4. The number of phenols is 1. The van der Waals surface area contributed by atoms with Crippen LogP contribution >= 0.6 is 0 Å². The third-order valence-corrected chi connectivity index (χ3v) is 2.47. The Bertz CT molecular complexity index is 589. The van der Waals surface area contributed by atoms with E-state index < -0.39 is 4.92 Å². The van der Waals surface area contributed by atoms with E-state index in [1.54, 1.807) is 0 Å². The molecule has 0 spiro atoms. The number of nitro groups is 1. The Morgan fingerprint density at radius 2 is 1.23 bits per heavy atom. The van der Waals surface area contributed by atoms with Crippen LogP contribution in [0.4, 0.5) is 5.69 Å². The third kappa shape index (κ3) is 5.36. The van der Waals surface area contributed by atoms with Gasteiger partial charge in [0.25, 0.3) is 5.69 Å². The van der Waals surface area contributed by atoms with Crippen molar-refractivity contribution in [1.82, 2.24) is 0 Å². The van der Waals surface area contributed by atoms with E-state index in [1.807, 2.05) is 27.7 Å². The van der Waals surface area contributed by atoms with E-state index in [-0.39, 0.29) is 17.2 Å². The highest BCUT2D eigenvalue weighted by Crippen LogP contribution is 2.17. The summed E-state index contributed by atoms with van der Waals surface area (Å²) in [6.07, 6.45) is 0. The van der Waals surface area contributed by atoms with Crippen LogP contribution in [0.15, 0.2) is 48.5 Å². The van der Waals surface area contributed by atoms with Crippen LogP contribution in [0.25, 0.3) is 0 Å². The molecule has 1 N–H and O–H groups in total.